The highest BCUT2D eigenvalue weighted by atomic mass is 14.2. The summed E-state index contributed by atoms with van der Waals surface area (Å²) >= 11 is 0. The third kappa shape index (κ3) is 4.23. The van der Waals surface area contributed by atoms with Gasteiger partial charge in [-0.25, -0.2) is 0 Å². The Bertz CT molecular complexity index is 2510. The van der Waals surface area contributed by atoms with E-state index < -0.39 is 0 Å². The predicted molar refractivity (Wildman–Crippen MR) is 198 cm³/mol. The van der Waals surface area contributed by atoms with Gasteiger partial charge in [-0.15, -0.1) is 0 Å². The first-order valence-corrected chi connectivity index (χ1v) is 15.9. The molecule has 0 aromatic heterocycles. The number of rotatable bonds is 4. The minimum atomic E-state index is 1.22. The lowest BCUT2D eigenvalue weighted by atomic mass is 9.81. The molecule has 0 N–H and O–H groups in total. The van der Waals surface area contributed by atoms with E-state index in [2.05, 4.69) is 182 Å². The monoisotopic (exact) mass is 582 g/mol. The molecule has 9 rings (SSSR count). The van der Waals surface area contributed by atoms with Gasteiger partial charge in [0.15, 0.2) is 0 Å². The Morgan fingerprint density at radius 2 is 0.717 bits per heavy atom. The van der Waals surface area contributed by atoms with Crippen LogP contribution in [0.4, 0.5) is 0 Å². The average Bonchev–Trinajstić information content (AvgIpc) is 3.13. The van der Waals surface area contributed by atoms with Gasteiger partial charge in [0.2, 0.25) is 0 Å². The fourth-order valence-electron chi connectivity index (χ4n) is 7.44. The van der Waals surface area contributed by atoms with Crippen molar-refractivity contribution in [3.63, 3.8) is 0 Å². The molecule has 0 heterocycles. The third-order valence-electron chi connectivity index (χ3n) is 9.45. The van der Waals surface area contributed by atoms with Crippen molar-refractivity contribution in [2.24, 2.45) is 0 Å². The van der Waals surface area contributed by atoms with Gasteiger partial charge in [-0.1, -0.05) is 176 Å². The van der Waals surface area contributed by atoms with Gasteiger partial charge in [0.1, 0.15) is 0 Å². The molecule has 0 radical (unpaired) electrons. The summed E-state index contributed by atoms with van der Waals surface area (Å²) < 4.78 is 0. The van der Waals surface area contributed by atoms with Crippen LogP contribution in [0.3, 0.4) is 0 Å². The first-order chi connectivity index (χ1) is 22.8. The smallest absolute Gasteiger partial charge is 0.00199 e. The summed E-state index contributed by atoms with van der Waals surface area (Å²) in [5, 5.41) is 10.1. The molecule has 214 valence electrons. The van der Waals surface area contributed by atoms with Gasteiger partial charge < -0.3 is 0 Å². The normalized spacial score (nSPS) is 11.5. The maximum absolute atomic E-state index is 2.35. The van der Waals surface area contributed by atoms with Crippen LogP contribution in [-0.4, -0.2) is 0 Å². The highest BCUT2D eigenvalue weighted by Gasteiger charge is 2.21. The summed E-state index contributed by atoms with van der Waals surface area (Å²) in [5.41, 5.74) is 10.0. The van der Waals surface area contributed by atoms with Crippen molar-refractivity contribution in [1.82, 2.24) is 0 Å². The molecule has 0 fully saturated rings. The maximum atomic E-state index is 2.35. The maximum Gasteiger partial charge on any atom is -0.00199 e. The van der Waals surface area contributed by atoms with Crippen LogP contribution in [0.15, 0.2) is 182 Å². The van der Waals surface area contributed by atoms with E-state index in [1.165, 1.54) is 87.6 Å². The number of fused-ring (bicyclic) bond motifs is 4. The van der Waals surface area contributed by atoms with Crippen molar-refractivity contribution in [3.8, 4) is 44.5 Å². The first kappa shape index (κ1) is 26.4. The topological polar surface area (TPSA) is 0 Å². The van der Waals surface area contributed by atoms with Gasteiger partial charge in [-0.05, 0) is 93.7 Å². The largest absolute Gasteiger partial charge is 0.0622 e. The fourth-order valence-corrected chi connectivity index (χ4v) is 7.44. The highest BCUT2D eigenvalue weighted by molar-refractivity contribution is 6.23. The lowest BCUT2D eigenvalue weighted by molar-refractivity contribution is 1.59. The van der Waals surface area contributed by atoms with Crippen molar-refractivity contribution in [2.75, 3.05) is 0 Å². The van der Waals surface area contributed by atoms with E-state index >= 15 is 0 Å². The average molecular weight is 583 g/mol. The van der Waals surface area contributed by atoms with Gasteiger partial charge in [-0.3, -0.25) is 0 Å². The SMILES string of the molecule is c1ccc(-c2c(-c3cccc4ccccc34)cccc2-c2c3ccccc3c(-c3ccc4ccccc4c3)c3ccccc23)cc1. The molecule has 0 aliphatic rings. The molecule has 0 amide bonds. The van der Waals surface area contributed by atoms with E-state index in [0.29, 0.717) is 0 Å². The zero-order valence-corrected chi connectivity index (χ0v) is 25.3. The molecule has 0 bridgehead atoms. The molecular weight excluding hydrogens is 553 g/mol. The minimum absolute atomic E-state index is 1.22. The molecule has 0 nitrogen and oxygen atoms in total. The van der Waals surface area contributed by atoms with Crippen molar-refractivity contribution in [1.29, 1.82) is 0 Å². The second kappa shape index (κ2) is 10.9. The van der Waals surface area contributed by atoms with Crippen LogP contribution in [0.2, 0.25) is 0 Å². The van der Waals surface area contributed by atoms with E-state index in [4.69, 9.17) is 0 Å². The zero-order valence-electron chi connectivity index (χ0n) is 25.3. The molecule has 0 heteroatoms. The van der Waals surface area contributed by atoms with Crippen LogP contribution >= 0.6 is 0 Å². The summed E-state index contributed by atoms with van der Waals surface area (Å²) in [7, 11) is 0. The molecule has 9 aromatic rings. The molecule has 9 aromatic carbocycles. The molecule has 46 heavy (non-hydrogen) atoms. The van der Waals surface area contributed by atoms with E-state index in [-0.39, 0.29) is 0 Å². The van der Waals surface area contributed by atoms with Crippen molar-refractivity contribution >= 4 is 43.1 Å². The van der Waals surface area contributed by atoms with E-state index in [1.807, 2.05) is 0 Å². The Balaban J connectivity index is 1.41. The van der Waals surface area contributed by atoms with Crippen LogP contribution in [0.25, 0.3) is 87.6 Å². The Hall–Kier alpha value is -5.98. The molecule has 0 unspecified atom stereocenters. The zero-order chi connectivity index (χ0) is 30.5. The van der Waals surface area contributed by atoms with Crippen LogP contribution < -0.4 is 0 Å². The molecule has 0 aliphatic heterocycles. The second-order valence-electron chi connectivity index (χ2n) is 12.0. The van der Waals surface area contributed by atoms with Gasteiger partial charge >= 0.3 is 0 Å². The second-order valence-corrected chi connectivity index (χ2v) is 12.0. The van der Waals surface area contributed by atoms with Crippen molar-refractivity contribution < 1.29 is 0 Å². The summed E-state index contributed by atoms with van der Waals surface area (Å²) in [5.74, 6) is 0. The third-order valence-corrected chi connectivity index (χ3v) is 9.45. The quantitative estimate of drug-likeness (QED) is 0.181. The summed E-state index contributed by atoms with van der Waals surface area (Å²) in [4.78, 5) is 0. The molecule has 0 aliphatic carbocycles. The Kier molecular flexibility index (Phi) is 6.25. The lowest BCUT2D eigenvalue weighted by Crippen LogP contribution is -1.95. The molecule has 0 saturated carbocycles. The summed E-state index contributed by atoms with van der Waals surface area (Å²) in [6.45, 7) is 0. The van der Waals surface area contributed by atoms with Crippen molar-refractivity contribution in [2.45, 2.75) is 0 Å². The molecule has 0 saturated heterocycles. The lowest BCUT2D eigenvalue weighted by Gasteiger charge is -2.22. The van der Waals surface area contributed by atoms with Gasteiger partial charge in [0.25, 0.3) is 0 Å². The van der Waals surface area contributed by atoms with Gasteiger partial charge in [-0.2, -0.15) is 0 Å². The Labute approximate surface area is 268 Å². The summed E-state index contributed by atoms with van der Waals surface area (Å²) in [6.07, 6.45) is 0. The van der Waals surface area contributed by atoms with Gasteiger partial charge in [0, 0.05) is 0 Å². The Morgan fingerprint density at radius 1 is 0.217 bits per heavy atom. The van der Waals surface area contributed by atoms with Crippen molar-refractivity contribution in [3.05, 3.63) is 182 Å². The van der Waals surface area contributed by atoms with Crippen LogP contribution in [0.1, 0.15) is 0 Å². The number of hydrogen-bond acceptors (Lipinski definition) is 0. The first-order valence-electron chi connectivity index (χ1n) is 15.9. The molecule has 0 spiro atoms. The molecular formula is C46H30. The number of hydrogen-bond donors (Lipinski definition) is 0. The van der Waals surface area contributed by atoms with E-state index in [1.54, 1.807) is 0 Å². The van der Waals surface area contributed by atoms with Crippen LogP contribution in [-0.2, 0) is 0 Å². The summed E-state index contributed by atoms with van der Waals surface area (Å²) in [6, 6.07) is 66.6. The highest BCUT2D eigenvalue weighted by Crippen LogP contribution is 2.49. The number of benzene rings is 9. The van der Waals surface area contributed by atoms with Gasteiger partial charge in [0.05, 0.1) is 0 Å². The van der Waals surface area contributed by atoms with Crippen LogP contribution in [0, 0.1) is 0 Å². The minimum Gasteiger partial charge on any atom is -0.0622 e. The Morgan fingerprint density at radius 3 is 1.43 bits per heavy atom. The van der Waals surface area contributed by atoms with Crippen LogP contribution in [0.5, 0.6) is 0 Å². The predicted octanol–water partition coefficient (Wildman–Crippen LogP) is 13.0. The fraction of sp³-hybridized carbons (Fsp3) is 0. The van der Waals surface area contributed by atoms with E-state index in [9.17, 15) is 0 Å². The molecule has 0 atom stereocenters. The van der Waals surface area contributed by atoms with E-state index in [0.717, 1.165) is 0 Å². The standard InChI is InChI=1S/C46H30/c1-2-16-33(17-3-1)44-38(37-25-12-19-32-15-6-7-20-36(32)37)26-13-27-43(44)46-41-23-10-8-21-39(41)45(40-22-9-11-24-42(40)46)35-29-28-31-14-4-5-18-34(31)30-35/h1-30H.